The first-order valence-corrected chi connectivity index (χ1v) is 2.21. The van der Waals surface area contributed by atoms with Gasteiger partial charge in [-0.2, -0.15) is 17.6 Å². The Hall–Kier alpha value is -0.280. The number of rotatable bonds is 0. The van der Waals surface area contributed by atoms with Crippen molar-refractivity contribution in [2.75, 3.05) is 0 Å². The first kappa shape index (κ1) is 5.85. The molecule has 0 N–H and O–H groups in total. The van der Waals surface area contributed by atoms with Gasteiger partial charge in [0.2, 0.25) is 0 Å². The maximum Gasteiger partial charge on any atom is 0.310 e. The van der Waals surface area contributed by atoms with Crippen LogP contribution in [-0.2, 0) is 0 Å². The molecule has 1 rings (SSSR count). The van der Waals surface area contributed by atoms with Crippen LogP contribution in [0.3, 0.4) is 0 Å². The minimum Gasteiger partial charge on any atom is -0.200 e. The molecule has 0 heterocycles. The lowest BCUT2D eigenvalue weighted by Gasteiger charge is -2.35. The van der Waals surface area contributed by atoms with E-state index in [9.17, 15) is 17.6 Å². The predicted octanol–water partition coefficient (Wildman–Crippen LogP) is 2.05. The van der Waals surface area contributed by atoms with Crippen LogP contribution in [-0.4, -0.2) is 11.8 Å². The van der Waals surface area contributed by atoms with Gasteiger partial charge in [-0.05, 0) is 0 Å². The zero-order valence-corrected chi connectivity index (χ0v) is 3.93. The quantitative estimate of drug-likeness (QED) is 0.438. The van der Waals surface area contributed by atoms with Gasteiger partial charge in [0.15, 0.2) is 0 Å². The van der Waals surface area contributed by atoms with E-state index in [4.69, 9.17) is 0 Å². The van der Waals surface area contributed by atoms with E-state index in [1.165, 1.54) is 0 Å². The second-order valence-corrected chi connectivity index (χ2v) is 1.91. The predicted molar refractivity (Wildman–Crippen MR) is 19.1 cm³/mol. The zero-order chi connectivity index (χ0) is 6.41. The molecule has 8 heavy (non-hydrogen) atoms. The summed E-state index contributed by atoms with van der Waals surface area (Å²) in [7, 11) is 0. The summed E-state index contributed by atoms with van der Waals surface area (Å²) in [5.74, 6) is -7.43. The molecule has 0 bridgehead atoms. The SMILES string of the molecule is FC1(F)CCC1(F)F. The molecule has 0 aliphatic heterocycles. The highest BCUT2D eigenvalue weighted by molar-refractivity contribution is 4.95. The van der Waals surface area contributed by atoms with Gasteiger partial charge >= 0.3 is 11.8 Å². The van der Waals surface area contributed by atoms with Gasteiger partial charge in [-0.3, -0.25) is 0 Å². The van der Waals surface area contributed by atoms with Gasteiger partial charge < -0.3 is 0 Å². The lowest BCUT2D eigenvalue weighted by Crippen LogP contribution is -2.50. The van der Waals surface area contributed by atoms with E-state index in [0.29, 0.717) is 0 Å². The molecule has 1 aliphatic carbocycles. The van der Waals surface area contributed by atoms with E-state index in [0.717, 1.165) is 0 Å². The van der Waals surface area contributed by atoms with Crippen LogP contribution in [0, 0.1) is 0 Å². The Morgan fingerprint density at radius 2 is 1.00 bits per heavy atom. The Morgan fingerprint density at radius 3 is 1.00 bits per heavy atom. The Balaban J connectivity index is 2.63. The van der Waals surface area contributed by atoms with Crippen molar-refractivity contribution in [2.45, 2.75) is 24.7 Å². The summed E-state index contributed by atoms with van der Waals surface area (Å²) >= 11 is 0. The average Bonchev–Trinajstić information content (AvgIpc) is 1.64. The van der Waals surface area contributed by atoms with Crippen molar-refractivity contribution < 1.29 is 17.6 Å². The standard InChI is InChI=1S/C4H4F4/c5-3(6)1-2-4(3,7)8/h1-2H2. The van der Waals surface area contributed by atoms with Gasteiger partial charge in [0.05, 0.1) is 0 Å². The maximum absolute atomic E-state index is 11.6. The molecular weight excluding hydrogens is 124 g/mol. The van der Waals surface area contributed by atoms with Crippen LogP contribution in [0.5, 0.6) is 0 Å². The Labute approximate surface area is 43.5 Å². The summed E-state index contributed by atoms with van der Waals surface area (Å²) in [4.78, 5) is 0. The zero-order valence-electron chi connectivity index (χ0n) is 3.93. The highest BCUT2D eigenvalue weighted by Crippen LogP contribution is 2.50. The van der Waals surface area contributed by atoms with Crippen molar-refractivity contribution in [3.05, 3.63) is 0 Å². The van der Waals surface area contributed by atoms with E-state index < -0.39 is 24.7 Å². The molecule has 1 aliphatic rings. The van der Waals surface area contributed by atoms with Crippen LogP contribution < -0.4 is 0 Å². The first-order valence-electron chi connectivity index (χ1n) is 2.21. The molecular formula is C4H4F4. The van der Waals surface area contributed by atoms with Crippen molar-refractivity contribution in [3.8, 4) is 0 Å². The summed E-state index contributed by atoms with van der Waals surface area (Å²) < 4.78 is 46.3. The van der Waals surface area contributed by atoms with Crippen LogP contribution in [0.1, 0.15) is 12.8 Å². The molecule has 0 amide bonds. The molecule has 0 spiro atoms. The smallest absolute Gasteiger partial charge is 0.200 e. The number of hydrogen-bond acceptors (Lipinski definition) is 0. The van der Waals surface area contributed by atoms with Gasteiger partial charge in [0.1, 0.15) is 0 Å². The highest BCUT2D eigenvalue weighted by Gasteiger charge is 2.64. The third-order valence-electron chi connectivity index (χ3n) is 1.29. The third-order valence-corrected chi connectivity index (χ3v) is 1.29. The first-order chi connectivity index (χ1) is 3.46. The minimum atomic E-state index is -3.72. The Bertz CT molecular complexity index is 92.6. The molecule has 1 fully saturated rings. The van der Waals surface area contributed by atoms with Gasteiger partial charge in [0, 0.05) is 12.8 Å². The molecule has 0 aromatic heterocycles. The Morgan fingerprint density at radius 1 is 0.750 bits per heavy atom. The van der Waals surface area contributed by atoms with Crippen LogP contribution >= 0.6 is 0 Å². The summed E-state index contributed by atoms with van der Waals surface area (Å²) in [5.41, 5.74) is 0. The van der Waals surface area contributed by atoms with Crippen molar-refractivity contribution in [2.24, 2.45) is 0 Å². The van der Waals surface area contributed by atoms with Gasteiger partial charge in [-0.1, -0.05) is 0 Å². The fraction of sp³-hybridized carbons (Fsp3) is 1.00. The summed E-state index contributed by atoms with van der Waals surface area (Å²) in [5, 5.41) is 0. The number of hydrogen-bond donors (Lipinski definition) is 0. The molecule has 4 heteroatoms. The summed E-state index contributed by atoms with van der Waals surface area (Å²) in [6.07, 6.45) is -1.33. The van der Waals surface area contributed by atoms with Gasteiger partial charge in [-0.15, -0.1) is 0 Å². The summed E-state index contributed by atoms with van der Waals surface area (Å²) in [6, 6.07) is 0. The molecule has 48 valence electrons. The largest absolute Gasteiger partial charge is 0.310 e. The monoisotopic (exact) mass is 128 g/mol. The second-order valence-electron chi connectivity index (χ2n) is 1.91. The fourth-order valence-electron chi connectivity index (χ4n) is 0.503. The van der Waals surface area contributed by atoms with Crippen LogP contribution in [0.25, 0.3) is 0 Å². The molecule has 0 saturated heterocycles. The van der Waals surface area contributed by atoms with E-state index >= 15 is 0 Å². The van der Waals surface area contributed by atoms with Crippen LogP contribution in [0.15, 0.2) is 0 Å². The van der Waals surface area contributed by atoms with Gasteiger partial charge in [-0.25, -0.2) is 0 Å². The van der Waals surface area contributed by atoms with Gasteiger partial charge in [0.25, 0.3) is 0 Å². The summed E-state index contributed by atoms with van der Waals surface area (Å²) in [6.45, 7) is 0. The second kappa shape index (κ2) is 1.17. The van der Waals surface area contributed by atoms with E-state index in [-0.39, 0.29) is 0 Å². The molecule has 0 unspecified atom stereocenters. The van der Waals surface area contributed by atoms with Crippen LogP contribution in [0.2, 0.25) is 0 Å². The van der Waals surface area contributed by atoms with Crippen molar-refractivity contribution in [1.82, 2.24) is 0 Å². The van der Waals surface area contributed by atoms with Crippen molar-refractivity contribution >= 4 is 0 Å². The molecule has 0 aromatic carbocycles. The van der Waals surface area contributed by atoms with E-state index in [1.807, 2.05) is 0 Å². The third kappa shape index (κ3) is 0.516. The fourth-order valence-corrected chi connectivity index (χ4v) is 0.503. The maximum atomic E-state index is 11.6. The number of alkyl halides is 4. The van der Waals surface area contributed by atoms with Crippen molar-refractivity contribution in [1.29, 1.82) is 0 Å². The number of halogens is 4. The van der Waals surface area contributed by atoms with E-state index in [1.54, 1.807) is 0 Å². The lowest BCUT2D eigenvalue weighted by atomic mass is 9.90. The van der Waals surface area contributed by atoms with Crippen LogP contribution in [0.4, 0.5) is 17.6 Å². The lowest BCUT2D eigenvalue weighted by molar-refractivity contribution is -0.275. The average molecular weight is 128 g/mol. The molecule has 0 nitrogen and oxygen atoms in total. The molecule has 0 atom stereocenters. The molecule has 0 radical (unpaired) electrons. The molecule has 1 saturated carbocycles. The normalized spacial score (nSPS) is 31.5. The molecule has 0 aromatic rings. The van der Waals surface area contributed by atoms with Crippen molar-refractivity contribution in [3.63, 3.8) is 0 Å². The highest BCUT2D eigenvalue weighted by atomic mass is 19.3. The topological polar surface area (TPSA) is 0 Å². The Kier molecular flexibility index (Phi) is 0.854. The minimum absolute atomic E-state index is 0.667. The van der Waals surface area contributed by atoms with E-state index in [2.05, 4.69) is 0 Å².